The highest BCUT2D eigenvalue weighted by Crippen LogP contribution is 2.27. The largest absolute Gasteiger partial charge is 0.496 e. The van der Waals surface area contributed by atoms with Crippen molar-refractivity contribution in [1.82, 2.24) is 16.0 Å². The number of thiocarbonyl (C=S) groups is 1. The molecule has 0 saturated heterocycles. The Morgan fingerprint density at radius 1 is 0.974 bits per heavy atom. The van der Waals surface area contributed by atoms with Crippen LogP contribution in [0.25, 0.3) is 0 Å². The third-order valence-corrected chi connectivity index (χ3v) is 7.90. The summed E-state index contributed by atoms with van der Waals surface area (Å²) in [7, 11) is 3.39. The van der Waals surface area contributed by atoms with Crippen LogP contribution in [-0.2, 0) is 12.8 Å². The van der Waals surface area contributed by atoms with Crippen molar-refractivity contribution >= 4 is 34.3 Å². The number of amidine groups is 1. The van der Waals surface area contributed by atoms with E-state index in [0.717, 1.165) is 60.5 Å². The zero-order chi connectivity index (χ0) is 28.7. The molecular formula is C30H46N4O3S2. The van der Waals surface area contributed by atoms with E-state index in [4.69, 9.17) is 21.7 Å². The van der Waals surface area contributed by atoms with Gasteiger partial charge >= 0.3 is 0 Å². The van der Waals surface area contributed by atoms with Gasteiger partial charge in [0.2, 0.25) is 0 Å². The number of hydrogen-bond acceptors (Lipinski definition) is 7. The molecule has 0 aliphatic carbocycles. The highest BCUT2D eigenvalue weighted by molar-refractivity contribution is 8.13. The van der Waals surface area contributed by atoms with Crippen molar-refractivity contribution in [2.45, 2.75) is 40.5 Å². The Hall–Kier alpha value is -2.49. The minimum absolute atomic E-state index is 0.129. The van der Waals surface area contributed by atoms with Gasteiger partial charge in [-0.25, -0.2) is 0 Å². The number of aliphatic imine (C=N–C) groups is 1. The molecule has 3 rings (SSSR count). The van der Waals surface area contributed by atoms with Crippen molar-refractivity contribution in [2.75, 3.05) is 52.8 Å². The first-order valence-electron chi connectivity index (χ1n) is 13.4. The van der Waals surface area contributed by atoms with Crippen molar-refractivity contribution in [1.29, 1.82) is 0 Å². The lowest BCUT2D eigenvalue weighted by Gasteiger charge is -2.27. The number of ether oxygens (including phenoxy) is 2. The number of thioether (sulfide) groups is 1. The van der Waals surface area contributed by atoms with Crippen molar-refractivity contribution < 1.29 is 14.6 Å². The number of benzene rings is 2. The highest BCUT2D eigenvalue weighted by Gasteiger charge is 2.23. The monoisotopic (exact) mass is 574 g/mol. The Morgan fingerprint density at radius 2 is 1.54 bits per heavy atom. The third kappa shape index (κ3) is 12.5. The fourth-order valence-corrected chi connectivity index (χ4v) is 4.77. The molecular weight excluding hydrogens is 528 g/mol. The lowest BCUT2D eigenvalue weighted by molar-refractivity contribution is 0.162. The SMILES string of the molecule is COc1ccccc1CCNC(=S)NCC(C)(C)CO.COc1ccccc1CCNC1=NCC(C)(C)CS1. The number of rotatable bonds is 11. The zero-order valence-electron chi connectivity index (χ0n) is 24.3. The van der Waals surface area contributed by atoms with Crippen molar-refractivity contribution in [3.05, 3.63) is 59.7 Å². The number of methoxy groups -OCH3 is 2. The average Bonchev–Trinajstić information content (AvgIpc) is 2.94. The van der Waals surface area contributed by atoms with Gasteiger partial charge in [-0.15, -0.1) is 0 Å². The zero-order valence-corrected chi connectivity index (χ0v) is 25.9. The van der Waals surface area contributed by atoms with Gasteiger partial charge in [0, 0.05) is 44.0 Å². The van der Waals surface area contributed by atoms with Crippen LogP contribution in [0.15, 0.2) is 53.5 Å². The number of aliphatic hydroxyl groups excluding tert-OH is 1. The quantitative estimate of drug-likeness (QED) is 0.288. The Balaban J connectivity index is 0.000000274. The smallest absolute Gasteiger partial charge is 0.166 e. The van der Waals surface area contributed by atoms with Gasteiger partial charge in [-0.3, -0.25) is 4.99 Å². The molecule has 1 aliphatic rings. The molecule has 0 bridgehead atoms. The van der Waals surface area contributed by atoms with Gasteiger partial charge in [0.25, 0.3) is 0 Å². The Morgan fingerprint density at radius 3 is 2.05 bits per heavy atom. The maximum Gasteiger partial charge on any atom is 0.166 e. The number of nitrogens with one attached hydrogen (secondary N) is 3. The molecule has 1 heterocycles. The van der Waals surface area contributed by atoms with E-state index in [-0.39, 0.29) is 12.0 Å². The number of nitrogens with zero attached hydrogens (tertiary/aromatic N) is 1. The molecule has 39 heavy (non-hydrogen) atoms. The van der Waals surface area contributed by atoms with E-state index in [2.05, 4.69) is 40.9 Å². The fraction of sp³-hybridized carbons (Fsp3) is 0.533. The van der Waals surface area contributed by atoms with Gasteiger partial charge in [-0.1, -0.05) is 75.9 Å². The second kappa shape index (κ2) is 16.6. The summed E-state index contributed by atoms with van der Waals surface area (Å²) in [4.78, 5) is 4.59. The minimum atomic E-state index is -0.172. The van der Waals surface area contributed by atoms with Crippen LogP contribution < -0.4 is 25.4 Å². The lowest BCUT2D eigenvalue weighted by atomic mass is 9.95. The summed E-state index contributed by atoms with van der Waals surface area (Å²) in [5.74, 6) is 2.99. The molecule has 2 aromatic carbocycles. The van der Waals surface area contributed by atoms with Crippen LogP contribution in [0, 0.1) is 10.8 Å². The van der Waals surface area contributed by atoms with Gasteiger partial charge < -0.3 is 30.5 Å². The third-order valence-electron chi connectivity index (χ3n) is 6.14. The van der Waals surface area contributed by atoms with E-state index in [9.17, 15) is 5.11 Å². The van der Waals surface area contributed by atoms with Crippen LogP contribution >= 0.6 is 24.0 Å². The van der Waals surface area contributed by atoms with E-state index in [1.807, 2.05) is 68.1 Å². The van der Waals surface area contributed by atoms with E-state index >= 15 is 0 Å². The second-order valence-corrected chi connectivity index (χ2v) is 12.4. The van der Waals surface area contributed by atoms with Gasteiger partial charge in [0.15, 0.2) is 10.3 Å². The van der Waals surface area contributed by atoms with Gasteiger partial charge in [0.1, 0.15) is 11.5 Å². The molecule has 216 valence electrons. The summed E-state index contributed by atoms with van der Waals surface area (Å²) in [5.41, 5.74) is 2.55. The normalized spacial score (nSPS) is 14.3. The molecule has 0 saturated carbocycles. The molecule has 9 heteroatoms. The molecule has 0 radical (unpaired) electrons. The van der Waals surface area contributed by atoms with Gasteiger partial charge in [-0.2, -0.15) is 0 Å². The van der Waals surface area contributed by atoms with Crippen LogP contribution in [0.3, 0.4) is 0 Å². The molecule has 2 aromatic rings. The van der Waals surface area contributed by atoms with E-state index < -0.39 is 0 Å². The summed E-state index contributed by atoms with van der Waals surface area (Å²) in [6.07, 6.45) is 1.79. The molecule has 0 aromatic heterocycles. The van der Waals surface area contributed by atoms with Gasteiger partial charge in [-0.05, 0) is 53.7 Å². The molecule has 0 amide bonds. The first-order valence-corrected chi connectivity index (χ1v) is 14.8. The second-order valence-electron chi connectivity index (χ2n) is 11.1. The molecule has 0 unspecified atom stereocenters. The maximum absolute atomic E-state index is 9.17. The summed E-state index contributed by atoms with van der Waals surface area (Å²) < 4.78 is 10.7. The number of hydrogen-bond donors (Lipinski definition) is 4. The molecule has 1 aliphatic heterocycles. The Bertz CT molecular complexity index is 1060. The number of aliphatic hydroxyl groups is 1. The van der Waals surface area contributed by atoms with Gasteiger partial charge in [0.05, 0.1) is 14.2 Å². The van der Waals surface area contributed by atoms with Crippen LogP contribution in [0.4, 0.5) is 0 Å². The van der Waals surface area contributed by atoms with E-state index in [1.165, 1.54) is 5.56 Å². The topological polar surface area (TPSA) is 87.1 Å². The molecule has 0 fully saturated rings. The highest BCUT2D eigenvalue weighted by atomic mass is 32.2. The summed E-state index contributed by atoms with van der Waals surface area (Å²) in [6, 6.07) is 16.1. The first kappa shape index (κ1) is 32.7. The summed E-state index contributed by atoms with van der Waals surface area (Å²) in [6.45, 7) is 11.8. The summed E-state index contributed by atoms with van der Waals surface area (Å²) >= 11 is 7.03. The molecule has 0 spiro atoms. The maximum atomic E-state index is 9.17. The molecule has 4 N–H and O–H groups in total. The van der Waals surface area contributed by atoms with Crippen LogP contribution in [-0.4, -0.2) is 68.1 Å². The van der Waals surface area contributed by atoms with E-state index in [0.29, 0.717) is 17.1 Å². The van der Waals surface area contributed by atoms with Crippen LogP contribution in [0.2, 0.25) is 0 Å². The lowest BCUT2D eigenvalue weighted by Crippen LogP contribution is -2.42. The van der Waals surface area contributed by atoms with Crippen molar-refractivity contribution in [2.24, 2.45) is 15.8 Å². The standard InChI is InChI=1S/C15H24N2O2S.C15H22N2OS/c1-15(2,11-18)10-17-14(20)16-9-8-12-6-4-5-7-13(12)19-3;1-15(2)10-17-14(19-11-15)16-9-8-12-6-4-5-7-13(12)18-3/h4-7,18H,8-11H2,1-3H3,(H2,16,17,20);4-7H,8-11H2,1-3H3,(H,16,17). The van der Waals surface area contributed by atoms with Crippen molar-refractivity contribution in [3.63, 3.8) is 0 Å². The first-order chi connectivity index (χ1) is 18.6. The number of para-hydroxylation sites is 2. The van der Waals surface area contributed by atoms with Crippen LogP contribution in [0.5, 0.6) is 11.5 Å². The van der Waals surface area contributed by atoms with Crippen LogP contribution in [0.1, 0.15) is 38.8 Å². The van der Waals surface area contributed by atoms with Crippen molar-refractivity contribution in [3.8, 4) is 11.5 Å². The fourth-order valence-electron chi connectivity index (χ4n) is 3.62. The molecule has 0 atom stereocenters. The summed E-state index contributed by atoms with van der Waals surface area (Å²) in [5, 5.41) is 20.6. The molecule has 7 nitrogen and oxygen atoms in total. The van der Waals surface area contributed by atoms with E-state index in [1.54, 1.807) is 14.2 Å². The predicted molar refractivity (Wildman–Crippen MR) is 169 cm³/mol. The predicted octanol–water partition coefficient (Wildman–Crippen LogP) is 4.68. The average molecular weight is 575 g/mol. The Kier molecular flexibility index (Phi) is 13.9. The minimum Gasteiger partial charge on any atom is -0.496 e. The Labute approximate surface area is 244 Å².